The second-order valence-corrected chi connectivity index (χ2v) is 20.1. The molecular formula is C30H47F3O8SSi. The molecule has 0 amide bonds. The molecule has 3 aliphatic carbocycles. The van der Waals surface area contributed by atoms with Crippen LogP contribution < -0.4 is 0 Å². The van der Waals surface area contributed by atoms with Gasteiger partial charge >= 0.3 is 11.7 Å². The number of fused-ring (bicyclic) bond motifs is 6. The Morgan fingerprint density at radius 3 is 2.23 bits per heavy atom. The minimum atomic E-state index is -5.06. The molecule has 0 radical (unpaired) electrons. The van der Waals surface area contributed by atoms with Gasteiger partial charge in [0.15, 0.2) is 25.8 Å². The normalized spacial score (nSPS) is 40.9. The van der Waals surface area contributed by atoms with Crippen molar-refractivity contribution in [3.63, 3.8) is 0 Å². The van der Waals surface area contributed by atoms with Crippen LogP contribution in [0.5, 0.6) is 0 Å². The predicted molar refractivity (Wildman–Crippen MR) is 156 cm³/mol. The summed E-state index contributed by atoms with van der Waals surface area (Å²) in [7, 11) is -2.18. The highest BCUT2D eigenvalue weighted by atomic mass is 32.2. The van der Waals surface area contributed by atoms with E-state index in [1.807, 2.05) is 34.6 Å². The third-order valence-electron chi connectivity index (χ3n) is 11.5. The summed E-state index contributed by atoms with van der Waals surface area (Å²) in [6, 6.07) is 2.73. The molecule has 43 heavy (non-hydrogen) atoms. The van der Waals surface area contributed by atoms with E-state index in [9.17, 15) is 22.2 Å². The predicted octanol–water partition coefficient (Wildman–Crippen LogP) is 7.31. The van der Waals surface area contributed by atoms with E-state index in [-0.39, 0.29) is 12.8 Å². The van der Waals surface area contributed by atoms with Crippen LogP contribution in [-0.2, 0) is 38.6 Å². The molecule has 2 heterocycles. The van der Waals surface area contributed by atoms with Crippen LogP contribution in [0.1, 0.15) is 88.0 Å². The summed E-state index contributed by atoms with van der Waals surface area (Å²) < 4.78 is 91.4. The Morgan fingerprint density at radius 1 is 1.02 bits per heavy atom. The summed E-state index contributed by atoms with van der Waals surface area (Å²) in [6.07, 6.45) is -3.06. The summed E-state index contributed by atoms with van der Waals surface area (Å²) >= 11 is -3.56. The first-order chi connectivity index (χ1) is 19.8. The van der Waals surface area contributed by atoms with Crippen molar-refractivity contribution in [1.82, 2.24) is 0 Å². The molecule has 2 saturated heterocycles. The molecule has 9 atom stereocenters. The minimum absolute atomic E-state index is 0.216. The Bertz CT molecular complexity index is 1180. The van der Waals surface area contributed by atoms with E-state index in [1.54, 1.807) is 0 Å². The molecule has 0 aromatic carbocycles. The van der Waals surface area contributed by atoms with E-state index in [1.165, 1.54) is 0 Å². The van der Waals surface area contributed by atoms with Gasteiger partial charge in [0.2, 0.25) is 0 Å². The molecule has 0 aromatic heterocycles. The third-order valence-corrected chi connectivity index (χ3v) is 17.0. The van der Waals surface area contributed by atoms with Gasteiger partial charge in [-0.25, -0.2) is 9.00 Å². The number of carbonyl (C=O) groups is 1. The average molecular weight is 653 g/mol. The summed E-state index contributed by atoms with van der Waals surface area (Å²) in [4.78, 5) is 13.2. The van der Waals surface area contributed by atoms with Crippen molar-refractivity contribution < 1.29 is 49.7 Å². The van der Waals surface area contributed by atoms with Gasteiger partial charge in [-0.1, -0.05) is 48.0 Å². The lowest BCUT2D eigenvalue weighted by Gasteiger charge is -2.61. The van der Waals surface area contributed by atoms with E-state index in [4.69, 9.17) is 27.6 Å². The molecule has 5 rings (SSSR count). The Kier molecular flexibility index (Phi) is 8.37. The molecule has 246 valence electrons. The smallest absolute Gasteiger partial charge is 0.426 e. The topological polar surface area (TPSA) is 89.5 Å². The number of rotatable bonds is 7. The van der Waals surface area contributed by atoms with E-state index in [0.717, 1.165) is 29.3 Å². The number of halogens is 3. The van der Waals surface area contributed by atoms with Crippen molar-refractivity contribution in [3.8, 4) is 0 Å². The second-order valence-electron chi connectivity index (χ2n) is 14.3. The molecule has 0 unspecified atom stereocenters. The van der Waals surface area contributed by atoms with E-state index < -0.39 is 89.7 Å². The standard InChI is InChI=1S/C30H47F3O8SSi/c1-10-43(11-2,12-3)41-19-16-29-23(36-25(34)39-29)21-18(40-42(35)30(31,32)33)14-13-15-28(21,9)24-22(37-27(7,8)38-24)20(17(19)4)26(29,5)6/h18-19,21-24H,10-16H2,1-9H3/t18-,19+,21+,22-,23+,24+,28-,29-,42-/m1/s1. The Hall–Kier alpha value is -0.993. The third kappa shape index (κ3) is 5.06. The number of carbonyl (C=O) groups excluding carboxylic acids is 1. The molecule has 2 aliphatic heterocycles. The molecule has 8 nitrogen and oxygen atoms in total. The Morgan fingerprint density at radius 2 is 1.65 bits per heavy atom. The lowest BCUT2D eigenvalue weighted by atomic mass is 9.48. The lowest BCUT2D eigenvalue weighted by molar-refractivity contribution is -0.198. The van der Waals surface area contributed by atoms with Crippen molar-refractivity contribution >= 4 is 25.6 Å². The first kappa shape index (κ1) is 33.4. The fourth-order valence-corrected chi connectivity index (χ4v) is 12.5. The average Bonchev–Trinajstić information content (AvgIpc) is 3.41. The summed E-state index contributed by atoms with van der Waals surface area (Å²) in [5.41, 5.74) is -6.16. The van der Waals surface area contributed by atoms with E-state index in [2.05, 4.69) is 27.7 Å². The Balaban J connectivity index is 1.76. The van der Waals surface area contributed by atoms with Crippen molar-refractivity contribution in [3.05, 3.63) is 11.1 Å². The van der Waals surface area contributed by atoms with Gasteiger partial charge in [0.05, 0.1) is 18.3 Å². The fourth-order valence-electron chi connectivity index (χ4n) is 9.08. The molecule has 2 bridgehead atoms. The first-order valence-electron chi connectivity index (χ1n) is 15.6. The summed E-state index contributed by atoms with van der Waals surface area (Å²) in [5, 5.41) is 0. The van der Waals surface area contributed by atoms with Gasteiger partial charge in [-0.3, -0.25) is 4.18 Å². The molecule has 5 aliphatic rings. The van der Waals surface area contributed by atoms with Gasteiger partial charge in [0.1, 0.15) is 6.10 Å². The maximum atomic E-state index is 13.6. The minimum Gasteiger partial charge on any atom is -0.426 e. The highest BCUT2D eigenvalue weighted by Crippen LogP contribution is 2.66. The van der Waals surface area contributed by atoms with E-state index in [0.29, 0.717) is 12.8 Å². The van der Waals surface area contributed by atoms with Crippen LogP contribution in [0.4, 0.5) is 18.0 Å². The lowest BCUT2D eigenvalue weighted by Crippen LogP contribution is -2.70. The van der Waals surface area contributed by atoms with Gasteiger partial charge < -0.3 is 23.4 Å². The SMILES string of the molecule is CC[Si](CC)(CC)O[C@H]1C[C@@]23OC(=O)O[C@H]2[C@@H]2[C@H](O[S@@](=O)C(F)(F)F)CCC[C@@]2(C)[C@H]2OC(C)(C)O[C@@H]2C(=C1C)C3(C)C. The largest absolute Gasteiger partial charge is 0.509 e. The van der Waals surface area contributed by atoms with Crippen LogP contribution in [0.25, 0.3) is 0 Å². The molecule has 0 N–H and O–H groups in total. The molecular weight excluding hydrogens is 605 g/mol. The zero-order valence-corrected chi connectivity index (χ0v) is 28.5. The second kappa shape index (κ2) is 10.8. The highest BCUT2D eigenvalue weighted by molar-refractivity contribution is 7.81. The van der Waals surface area contributed by atoms with E-state index >= 15 is 0 Å². The molecule has 13 heteroatoms. The van der Waals surface area contributed by atoms with Gasteiger partial charge in [-0.15, -0.1) is 0 Å². The quantitative estimate of drug-likeness (QED) is 0.161. The van der Waals surface area contributed by atoms with Crippen LogP contribution in [-0.4, -0.2) is 66.1 Å². The monoisotopic (exact) mass is 652 g/mol. The van der Waals surface area contributed by atoms with Crippen LogP contribution in [0.3, 0.4) is 0 Å². The number of hydrogen-bond donors (Lipinski definition) is 0. The highest BCUT2D eigenvalue weighted by Gasteiger charge is 2.75. The number of ether oxygens (including phenoxy) is 4. The van der Waals surface area contributed by atoms with Crippen molar-refractivity contribution in [2.24, 2.45) is 16.7 Å². The van der Waals surface area contributed by atoms with Crippen molar-refractivity contribution in [2.45, 2.75) is 154 Å². The first-order valence-corrected chi connectivity index (χ1v) is 19.2. The molecule has 4 fully saturated rings. The maximum absolute atomic E-state index is 13.6. The maximum Gasteiger partial charge on any atom is 0.509 e. The number of hydrogen-bond acceptors (Lipinski definition) is 8. The van der Waals surface area contributed by atoms with Crippen LogP contribution in [0, 0.1) is 16.7 Å². The number of alkyl halides is 3. The summed E-state index contributed by atoms with van der Waals surface area (Å²) in [6.45, 7) is 18.1. The zero-order chi connectivity index (χ0) is 32.0. The van der Waals surface area contributed by atoms with Gasteiger partial charge in [0.25, 0.3) is 11.1 Å². The van der Waals surface area contributed by atoms with Crippen LogP contribution in [0.2, 0.25) is 18.1 Å². The fraction of sp³-hybridized carbons (Fsp3) is 0.900. The van der Waals surface area contributed by atoms with Gasteiger partial charge in [-0.05, 0) is 62.9 Å². The Labute approximate surface area is 256 Å². The molecule has 2 saturated carbocycles. The van der Waals surface area contributed by atoms with Crippen LogP contribution in [0.15, 0.2) is 11.1 Å². The van der Waals surface area contributed by atoms with Gasteiger partial charge in [-0.2, -0.15) is 13.2 Å². The van der Waals surface area contributed by atoms with Gasteiger partial charge in [0, 0.05) is 23.2 Å². The molecule has 1 spiro atoms. The zero-order valence-electron chi connectivity index (χ0n) is 26.7. The summed E-state index contributed by atoms with van der Waals surface area (Å²) in [5.74, 6) is -1.82. The van der Waals surface area contributed by atoms with Crippen molar-refractivity contribution in [1.29, 1.82) is 0 Å². The molecule has 0 aromatic rings. The van der Waals surface area contributed by atoms with Crippen LogP contribution >= 0.6 is 0 Å². The van der Waals surface area contributed by atoms with Crippen molar-refractivity contribution in [2.75, 3.05) is 0 Å².